The number of carbonyl (C=O) groups excluding carboxylic acids is 1. The Labute approximate surface area is 134 Å². The lowest BCUT2D eigenvalue weighted by atomic mass is 9.99. The van der Waals surface area contributed by atoms with E-state index in [2.05, 4.69) is 5.32 Å². The predicted octanol–water partition coefficient (Wildman–Crippen LogP) is 3.09. The second kappa shape index (κ2) is 8.87. The summed E-state index contributed by atoms with van der Waals surface area (Å²) in [7, 11) is 0. The van der Waals surface area contributed by atoms with Crippen LogP contribution in [0.1, 0.15) is 61.4 Å². The molecule has 0 aliphatic heterocycles. The number of benzene rings is 1. The normalized spacial score (nSPS) is 10.6. The van der Waals surface area contributed by atoms with Crippen LogP contribution in [0.4, 0.5) is 5.69 Å². The van der Waals surface area contributed by atoms with E-state index in [4.69, 9.17) is 5.11 Å². The predicted molar refractivity (Wildman–Crippen MR) is 85.6 cm³/mol. The standard InChI is InChI=1S/C16H22N2O5/c1-11(2)13-8-7-12(10-14(13)18(22)23)16(21)17-9-5-3-4-6-15(19)20/h7-8,10-11H,3-6,9H2,1-2H3,(H,17,21)(H,19,20). The molecule has 126 valence electrons. The molecule has 0 unspecified atom stereocenters. The molecular formula is C16H22N2O5. The van der Waals surface area contributed by atoms with Gasteiger partial charge in [-0.15, -0.1) is 0 Å². The maximum Gasteiger partial charge on any atom is 0.303 e. The lowest BCUT2D eigenvalue weighted by Crippen LogP contribution is -2.24. The molecule has 0 saturated heterocycles. The van der Waals surface area contributed by atoms with Gasteiger partial charge in [0.25, 0.3) is 11.6 Å². The highest BCUT2D eigenvalue weighted by Crippen LogP contribution is 2.27. The summed E-state index contributed by atoms with van der Waals surface area (Å²) in [5.41, 5.74) is 0.806. The number of aliphatic carboxylic acids is 1. The maximum atomic E-state index is 12.0. The molecule has 0 spiro atoms. The van der Waals surface area contributed by atoms with Crippen LogP contribution in [0.15, 0.2) is 18.2 Å². The maximum absolute atomic E-state index is 12.0. The number of rotatable bonds is 9. The van der Waals surface area contributed by atoms with Crippen LogP contribution < -0.4 is 5.32 Å². The summed E-state index contributed by atoms with van der Waals surface area (Å²) in [4.78, 5) is 33.0. The Morgan fingerprint density at radius 2 is 1.96 bits per heavy atom. The SMILES string of the molecule is CC(C)c1ccc(C(=O)NCCCCCC(=O)O)cc1[N+](=O)[O-]. The number of nitro benzene ring substituents is 1. The summed E-state index contributed by atoms with van der Waals surface area (Å²) in [5, 5.41) is 22.3. The molecule has 1 rings (SSSR count). The monoisotopic (exact) mass is 322 g/mol. The van der Waals surface area contributed by atoms with Crippen LogP contribution >= 0.6 is 0 Å². The van der Waals surface area contributed by atoms with Crippen molar-refractivity contribution in [3.63, 3.8) is 0 Å². The van der Waals surface area contributed by atoms with Crippen molar-refractivity contribution in [1.82, 2.24) is 5.32 Å². The van der Waals surface area contributed by atoms with Gasteiger partial charge in [0.05, 0.1) is 4.92 Å². The van der Waals surface area contributed by atoms with Gasteiger partial charge >= 0.3 is 5.97 Å². The fraction of sp³-hybridized carbons (Fsp3) is 0.500. The molecule has 0 aromatic heterocycles. The molecule has 23 heavy (non-hydrogen) atoms. The molecule has 2 N–H and O–H groups in total. The molecule has 0 saturated carbocycles. The van der Waals surface area contributed by atoms with Crippen molar-refractivity contribution >= 4 is 17.6 Å². The summed E-state index contributed by atoms with van der Waals surface area (Å²) in [5.74, 6) is -1.19. The van der Waals surface area contributed by atoms with Crippen molar-refractivity contribution in [3.8, 4) is 0 Å². The number of hydrogen-bond donors (Lipinski definition) is 2. The van der Waals surface area contributed by atoms with Gasteiger partial charge in [-0.2, -0.15) is 0 Å². The first-order valence-corrected chi connectivity index (χ1v) is 7.61. The molecule has 0 heterocycles. The molecular weight excluding hydrogens is 300 g/mol. The molecule has 1 aromatic rings. The minimum Gasteiger partial charge on any atom is -0.481 e. The summed E-state index contributed by atoms with van der Waals surface area (Å²) in [6, 6.07) is 4.50. The molecule has 1 amide bonds. The van der Waals surface area contributed by atoms with Crippen molar-refractivity contribution < 1.29 is 19.6 Å². The van der Waals surface area contributed by atoms with E-state index in [1.165, 1.54) is 6.07 Å². The third-order valence-corrected chi connectivity index (χ3v) is 3.46. The highest BCUT2D eigenvalue weighted by Gasteiger charge is 2.19. The van der Waals surface area contributed by atoms with Gasteiger partial charge in [0, 0.05) is 30.2 Å². The summed E-state index contributed by atoms with van der Waals surface area (Å²) < 4.78 is 0. The van der Waals surface area contributed by atoms with Gasteiger partial charge in [-0.3, -0.25) is 19.7 Å². The van der Waals surface area contributed by atoms with E-state index in [1.807, 2.05) is 13.8 Å². The largest absolute Gasteiger partial charge is 0.481 e. The summed E-state index contributed by atoms with van der Waals surface area (Å²) >= 11 is 0. The number of carboxylic acid groups (broad SMARTS) is 1. The van der Waals surface area contributed by atoms with E-state index in [9.17, 15) is 19.7 Å². The van der Waals surface area contributed by atoms with Crippen LogP contribution in [0.3, 0.4) is 0 Å². The zero-order chi connectivity index (χ0) is 17.4. The van der Waals surface area contributed by atoms with Gasteiger partial charge in [0.2, 0.25) is 0 Å². The Kier molecular flexibility index (Phi) is 7.18. The molecule has 7 heteroatoms. The quantitative estimate of drug-likeness (QED) is 0.412. The molecule has 0 fully saturated rings. The van der Waals surface area contributed by atoms with Gasteiger partial charge in [-0.25, -0.2) is 0 Å². The Morgan fingerprint density at radius 3 is 2.52 bits per heavy atom. The Hall–Kier alpha value is -2.44. The number of amides is 1. The van der Waals surface area contributed by atoms with Crippen LogP contribution in [0.5, 0.6) is 0 Å². The topological polar surface area (TPSA) is 110 Å². The lowest BCUT2D eigenvalue weighted by Gasteiger charge is -2.09. The van der Waals surface area contributed by atoms with Gasteiger partial charge in [-0.05, 0) is 24.8 Å². The smallest absolute Gasteiger partial charge is 0.303 e. The molecule has 1 aromatic carbocycles. The van der Waals surface area contributed by atoms with Crippen molar-refractivity contribution in [2.45, 2.75) is 45.4 Å². The van der Waals surface area contributed by atoms with Crippen LogP contribution in [-0.2, 0) is 4.79 Å². The molecule has 0 bridgehead atoms. The lowest BCUT2D eigenvalue weighted by molar-refractivity contribution is -0.385. The Balaban J connectivity index is 2.58. The summed E-state index contributed by atoms with van der Waals surface area (Å²) in [6.07, 6.45) is 2.07. The average Bonchev–Trinajstić information content (AvgIpc) is 2.49. The third kappa shape index (κ3) is 6.06. The van der Waals surface area contributed by atoms with Gasteiger partial charge in [0.15, 0.2) is 0 Å². The number of nitrogens with one attached hydrogen (secondary N) is 1. The van der Waals surface area contributed by atoms with E-state index in [-0.39, 0.29) is 29.5 Å². The number of unbranched alkanes of at least 4 members (excludes halogenated alkanes) is 2. The molecule has 7 nitrogen and oxygen atoms in total. The number of nitro groups is 1. The van der Waals surface area contributed by atoms with Crippen molar-refractivity contribution in [3.05, 3.63) is 39.4 Å². The third-order valence-electron chi connectivity index (χ3n) is 3.46. The van der Waals surface area contributed by atoms with E-state index in [0.29, 0.717) is 31.4 Å². The van der Waals surface area contributed by atoms with Crippen LogP contribution in [-0.4, -0.2) is 28.5 Å². The van der Waals surface area contributed by atoms with E-state index < -0.39 is 10.9 Å². The first-order valence-electron chi connectivity index (χ1n) is 7.61. The molecule has 0 radical (unpaired) electrons. The van der Waals surface area contributed by atoms with E-state index >= 15 is 0 Å². The highest BCUT2D eigenvalue weighted by molar-refractivity contribution is 5.95. The van der Waals surface area contributed by atoms with Crippen LogP contribution in [0.2, 0.25) is 0 Å². The zero-order valence-electron chi connectivity index (χ0n) is 13.4. The van der Waals surface area contributed by atoms with E-state index in [0.717, 1.165) is 0 Å². The van der Waals surface area contributed by atoms with Crippen LogP contribution in [0.25, 0.3) is 0 Å². The average molecular weight is 322 g/mol. The minimum absolute atomic E-state index is 0.00162. The van der Waals surface area contributed by atoms with Gasteiger partial charge in [-0.1, -0.05) is 26.3 Å². The number of carbonyl (C=O) groups is 2. The minimum atomic E-state index is -0.827. The summed E-state index contributed by atoms with van der Waals surface area (Å²) in [6.45, 7) is 4.14. The Bertz CT molecular complexity index is 584. The number of nitrogens with zero attached hydrogens (tertiary/aromatic N) is 1. The van der Waals surface area contributed by atoms with E-state index in [1.54, 1.807) is 12.1 Å². The molecule has 0 aliphatic carbocycles. The van der Waals surface area contributed by atoms with Crippen molar-refractivity contribution in [1.29, 1.82) is 0 Å². The number of carboxylic acids is 1. The zero-order valence-corrected chi connectivity index (χ0v) is 13.4. The fourth-order valence-electron chi connectivity index (χ4n) is 2.21. The fourth-order valence-corrected chi connectivity index (χ4v) is 2.21. The van der Waals surface area contributed by atoms with Crippen molar-refractivity contribution in [2.24, 2.45) is 0 Å². The van der Waals surface area contributed by atoms with Crippen molar-refractivity contribution in [2.75, 3.05) is 6.54 Å². The first-order chi connectivity index (χ1) is 10.8. The first kappa shape index (κ1) is 18.6. The molecule has 0 aliphatic rings. The van der Waals surface area contributed by atoms with Gasteiger partial charge in [0.1, 0.15) is 0 Å². The van der Waals surface area contributed by atoms with Crippen LogP contribution in [0, 0.1) is 10.1 Å². The van der Waals surface area contributed by atoms with Gasteiger partial charge < -0.3 is 10.4 Å². The molecule has 0 atom stereocenters. The Morgan fingerprint density at radius 1 is 1.26 bits per heavy atom. The second-order valence-electron chi connectivity index (χ2n) is 5.65. The number of hydrogen-bond acceptors (Lipinski definition) is 4. The highest BCUT2D eigenvalue weighted by atomic mass is 16.6. The second-order valence-corrected chi connectivity index (χ2v) is 5.65.